The van der Waals surface area contributed by atoms with Crippen molar-refractivity contribution in [3.63, 3.8) is 0 Å². The Hall–Kier alpha value is -3.47. The molecule has 0 unspecified atom stereocenters. The van der Waals surface area contributed by atoms with E-state index in [-0.39, 0.29) is 5.54 Å². The van der Waals surface area contributed by atoms with Gasteiger partial charge in [0.05, 0.1) is 23.0 Å². The summed E-state index contributed by atoms with van der Waals surface area (Å²) in [6, 6.07) is 5.55. The molecular formula is C18H17N7O. The van der Waals surface area contributed by atoms with E-state index >= 15 is 0 Å². The van der Waals surface area contributed by atoms with Gasteiger partial charge in [0, 0.05) is 29.4 Å². The van der Waals surface area contributed by atoms with Gasteiger partial charge in [-0.3, -0.25) is 4.79 Å². The number of rotatable bonds is 5. The van der Waals surface area contributed by atoms with Crippen LogP contribution in [0.2, 0.25) is 0 Å². The van der Waals surface area contributed by atoms with Crippen molar-refractivity contribution in [1.82, 2.24) is 19.7 Å². The Balaban J connectivity index is 1.80. The van der Waals surface area contributed by atoms with Crippen molar-refractivity contribution in [2.24, 2.45) is 5.73 Å². The topological polar surface area (TPSA) is 123 Å². The number of hydrogen-bond donors (Lipinski definition) is 2. The largest absolute Gasteiger partial charge is 0.379 e. The molecule has 1 aliphatic rings. The van der Waals surface area contributed by atoms with E-state index in [1.54, 1.807) is 23.0 Å². The maximum atomic E-state index is 11.8. The number of nitrogens with one attached hydrogen (secondary N) is 1. The Bertz CT molecular complexity index is 1060. The molecule has 8 heteroatoms. The van der Waals surface area contributed by atoms with Gasteiger partial charge >= 0.3 is 0 Å². The first kappa shape index (κ1) is 16.0. The van der Waals surface area contributed by atoms with E-state index in [1.165, 1.54) is 12.4 Å². The van der Waals surface area contributed by atoms with Crippen molar-refractivity contribution >= 4 is 22.6 Å². The van der Waals surface area contributed by atoms with Crippen molar-refractivity contribution in [2.45, 2.75) is 31.7 Å². The van der Waals surface area contributed by atoms with Gasteiger partial charge in [0.15, 0.2) is 11.5 Å². The van der Waals surface area contributed by atoms with Gasteiger partial charge < -0.3 is 11.1 Å². The highest BCUT2D eigenvalue weighted by Crippen LogP contribution is 2.42. The lowest BCUT2D eigenvalue weighted by molar-refractivity contribution is 0.100. The molecule has 1 aliphatic carbocycles. The Morgan fingerprint density at radius 1 is 1.35 bits per heavy atom. The summed E-state index contributed by atoms with van der Waals surface area (Å²) in [5.41, 5.74) is 7.58. The van der Waals surface area contributed by atoms with E-state index in [1.807, 2.05) is 0 Å². The molecular weight excluding hydrogens is 330 g/mol. The molecule has 1 saturated carbocycles. The second kappa shape index (κ2) is 5.81. The molecule has 0 radical (unpaired) electrons. The van der Waals surface area contributed by atoms with Crippen molar-refractivity contribution in [3.05, 3.63) is 41.9 Å². The Kier molecular flexibility index (Phi) is 3.58. The molecule has 0 atom stereocenters. The molecule has 0 bridgehead atoms. The summed E-state index contributed by atoms with van der Waals surface area (Å²) in [4.78, 5) is 20.4. The molecule has 8 nitrogen and oxygen atoms in total. The zero-order chi connectivity index (χ0) is 18.3. The number of carbonyl (C=O) groups is 1. The second-order valence-corrected chi connectivity index (χ2v) is 6.52. The van der Waals surface area contributed by atoms with E-state index < -0.39 is 5.91 Å². The average Bonchev–Trinajstić information content (AvgIpc) is 3.30. The number of aromatic nitrogens is 4. The van der Waals surface area contributed by atoms with E-state index in [0.717, 1.165) is 24.6 Å². The number of carbonyl (C=O) groups excluding carboxylic acids is 1. The van der Waals surface area contributed by atoms with Crippen LogP contribution < -0.4 is 11.1 Å². The zero-order valence-electron chi connectivity index (χ0n) is 14.2. The highest BCUT2D eigenvalue weighted by Gasteiger charge is 2.41. The van der Waals surface area contributed by atoms with Gasteiger partial charge in [-0.15, -0.1) is 0 Å². The van der Waals surface area contributed by atoms with Crippen LogP contribution in [0.25, 0.3) is 16.9 Å². The standard InChI is InChI=1S/C18H17N7O/c1-2-18(3-4-18)24-14-6-15(21-10-13(14)16(20)26)25-17-12(9-23-25)5-11(7-19)8-22-17/h5-6,8-10H,2-4H2,1H3,(H2,20,26)(H,21,24). The number of primary amides is 1. The molecule has 130 valence electrons. The number of nitrogens with two attached hydrogens (primary N) is 1. The molecule has 3 heterocycles. The maximum Gasteiger partial charge on any atom is 0.252 e. The quantitative estimate of drug-likeness (QED) is 0.729. The predicted molar refractivity (Wildman–Crippen MR) is 95.8 cm³/mol. The van der Waals surface area contributed by atoms with Crippen molar-refractivity contribution in [1.29, 1.82) is 5.26 Å². The second-order valence-electron chi connectivity index (χ2n) is 6.52. The van der Waals surface area contributed by atoms with Crippen LogP contribution in [0.3, 0.4) is 0 Å². The normalized spacial score (nSPS) is 14.8. The maximum absolute atomic E-state index is 11.8. The number of anilines is 1. The number of pyridine rings is 2. The van der Waals surface area contributed by atoms with Crippen molar-refractivity contribution in [2.75, 3.05) is 5.32 Å². The Labute approximate surface area is 149 Å². The van der Waals surface area contributed by atoms with Crippen LogP contribution in [0.15, 0.2) is 30.7 Å². The Morgan fingerprint density at radius 3 is 2.81 bits per heavy atom. The van der Waals surface area contributed by atoms with E-state index in [2.05, 4.69) is 33.4 Å². The lowest BCUT2D eigenvalue weighted by atomic mass is 10.1. The predicted octanol–water partition coefficient (Wildman–Crippen LogP) is 2.14. The lowest BCUT2D eigenvalue weighted by Gasteiger charge is -2.19. The molecule has 1 fully saturated rings. The van der Waals surface area contributed by atoms with E-state index in [4.69, 9.17) is 11.0 Å². The first-order chi connectivity index (χ1) is 12.5. The number of nitrogens with zero attached hydrogens (tertiary/aromatic N) is 5. The average molecular weight is 347 g/mol. The van der Waals surface area contributed by atoms with Crippen LogP contribution in [0, 0.1) is 11.3 Å². The van der Waals surface area contributed by atoms with Crippen LogP contribution >= 0.6 is 0 Å². The molecule has 4 rings (SSSR count). The monoisotopic (exact) mass is 347 g/mol. The molecule has 26 heavy (non-hydrogen) atoms. The summed E-state index contributed by atoms with van der Waals surface area (Å²) in [6.45, 7) is 2.11. The molecule has 3 aromatic heterocycles. The smallest absolute Gasteiger partial charge is 0.252 e. The third kappa shape index (κ3) is 2.63. The third-order valence-corrected chi connectivity index (χ3v) is 4.84. The fourth-order valence-electron chi connectivity index (χ4n) is 3.01. The highest BCUT2D eigenvalue weighted by molar-refractivity contribution is 5.98. The molecule has 0 aliphatic heterocycles. The number of hydrogen-bond acceptors (Lipinski definition) is 6. The van der Waals surface area contributed by atoms with Gasteiger partial charge in [-0.2, -0.15) is 15.0 Å². The summed E-state index contributed by atoms with van der Waals surface area (Å²) in [7, 11) is 0. The van der Waals surface area contributed by atoms with Crippen LogP contribution in [0.1, 0.15) is 42.1 Å². The summed E-state index contributed by atoms with van der Waals surface area (Å²) in [5.74, 6) is -0.00262. The van der Waals surface area contributed by atoms with Crippen molar-refractivity contribution in [3.8, 4) is 11.9 Å². The fourth-order valence-corrected chi connectivity index (χ4v) is 3.01. The van der Waals surface area contributed by atoms with Gasteiger partial charge in [-0.1, -0.05) is 6.92 Å². The van der Waals surface area contributed by atoms with Crippen LogP contribution in [0.5, 0.6) is 0 Å². The molecule has 0 spiro atoms. The molecule has 3 aromatic rings. The van der Waals surface area contributed by atoms with Gasteiger partial charge in [0.25, 0.3) is 5.91 Å². The minimum Gasteiger partial charge on any atom is -0.379 e. The van der Waals surface area contributed by atoms with Crippen LogP contribution in [-0.4, -0.2) is 31.2 Å². The number of fused-ring (bicyclic) bond motifs is 1. The number of amides is 1. The summed E-state index contributed by atoms with van der Waals surface area (Å²) in [5, 5.41) is 17.5. The first-order valence-corrected chi connectivity index (χ1v) is 8.37. The molecule has 0 aromatic carbocycles. The fraction of sp³-hybridized carbons (Fsp3) is 0.278. The van der Waals surface area contributed by atoms with Gasteiger partial charge in [-0.25, -0.2) is 9.97 Å². The Morgan fingerprint density at radius 2 is 2.15 bits per heavy atom. The lowest BCUT2D eigenvalue weighted by Crippen LogP contribution is -2.23. The molecule has 3 N–H and O–H groups in total. The number of nitriles is 1. The van der Waals surface area contributed by atoms with Gasteiger partial charge in [0.1, 0.15) is 6.07 Å². The van der Waals surface area contributed by atoms with Gasteiger partial charge in [0.2, 0.25) is 0 Å². The van der Waals surface area contributed by atoms with Crippen LogP contribution in [-0.2, 0) is 0 Å². The minimum absolute atomic E-state index is 0.0228. The van der Waals surface area contributed by atoms with Crippen LogP contribution in [0.4, 0.5) is 5.69 Å². The SMILES string of the molecule is CCC1(Nc2cc(-n3ncc4cc(C#N)cnc43)ncc2C(N)=O)CC1. The summed E-state index contributed by atoms with van der Waals surface area (Å²) < 4.78 is 1.58. The minimum atomic E-state index is -0.527. The highest BCUT2D eigenvalue weighted by atomic mass is 16.1. The van der Waals surface area contributed by atoms with Gasteiger partial charge in [-0.05, 0) is 25.3 Å². The third-order valence-electron chi connectivity index (χ3n) is 4.84. The summed E-state index contributed by atoms with van der Waals surface area (Å²) >= 11 is 0. The van der Waals surface area contributed by atoms with E-state index in [9.17, 15) is 4.79 Å². The molecule has 1 amide bonds. The summed E-state index contributed by atoms with van der Waals surface area (Å²) in [6.07, 6.45) is 7.67. The zero-order valence-corrected chi connectivity index (χ0v) is 14.2. The van der Waals surface area contributed by atoms with E-state index in [0.29, 0.717) is 28.3 Å². The van der Waals surface area contributed by atoms with Crippen molar-refractivity contribution < 1.29 is 4.79 Å². The molecule has 0 saturated heterocycles. The first-order valence-electron chi connectivity index (χ1n) is 8.37.